The Labute approximate surface area is 136 Å². The average Bonchev–Trinajstić information content (AvgIpc) is 3.19. The molecule has 1 saturated heterocycles. The normalized spacial score (nSPS) is 15.2. The molecule has 9 heteroatoms. The summed E-state index contributed by atoms with van der Waals surface area (Å²) in [4.78, 5) is 26.1. The fourth-order valence-corrected chi connectivity index (χ4v) is 2.58. The minimum atomic E-state index is -0.330. The van der Waals surface area contributed by atoms with E-state index in [1.807, 2.05) is 18.2 Å². The molecule has 0 saturated carbocycles. The number of fused-ring (bicyclic) bond motifs is 1. The zero-order valence-electron chi connectivity index (χ0n) is 12.7. The second kappa shape index (κ2) is 5.95. The van der Waals surface area contributed by atoms with Crippen LogP contribution in [0.4, 0.5) is 11.9 Å². The van der Waals surface area contributed by atoms with E-state index in [4.69, 9.17) is 15.2 Å². The van der Waals surface area contributed by atoms with Crippen LogP contribution in [0.2, 0.25) is 0 Å². The Hall–Kier alpha value is -2.91. The maximum atomic E-state index is 11.9. The summed E-state index contributed by atoms with van der Waals surface area (Å²) in [6, 6.07) is 6.97. The topological polar surface area (TPSA) is 131 Å². The standard InChI is InChI=1S/C15H16N6O3/c16-14-18-9-2-1-8(5-11(9)19-14)10-6-12(22)21-15(20-10)17-7-13-23-3-4-24-13/h1-2,5-6,13H,3-4,7H2,(H3,16,18,19)(H2,17,20,21,22). The fourth-order valence-electron chi connectivity index (χ4n) is 2.58. The molecule has 1 fully saturated rings. The van der Waals surface area contributed by atoms with Crippen LogP contribution in [-0.4, -0.2) is 46.0 Å². The quantitative estimate of drug-likeness (QED) is 0.554. The first-order valence-electron chi connectivity index (χ1n) is 7.51. The van der Waals surface area contributed by atoms with Gasteiger partial charge in [-0.1, -0.05) is 6.07 Å². The third kappa shape index (κ3) is 2.94. The number of rotatable bonds is 4. The molecule has 124 valence electrons. The Morgan fingerprint density at radius 2 is 2.04 bits per heavy atom. The second-order valence-electron chi connectivity index (χ2n) is 5.39. The van der Waals surface area contributed by atoms with E-state index < -0.39 is 0 Å². The summed E-state index contributed by atoms with van der Waals surface area (Å²) < 4.78 is 10.7. The summed E-state index contributed by atoms with van der Waals surface area (Å²) in [5, 5.41) is 3.02. The van der Waals surface area contributed by atoms with Crippen LogP contribution in [0.1, 0.15) is 0 Å². The van der Waals surface area contributed by atoms with E-state index in [-0.39, 0.29) is 11.8 Å². The fraction of sp³-hybridized carbons (Fsp3) is 0.267. The Balaban J connectivity index is 1.62. The molecule has 1 aromatic carbocycles. The maximum absolute atomic E-state index is 11.9. The number of nitrogen functional groups attached to an aromatic ring is 1. The van der Waals surface area contributed by atoms with Crippen LogP contribution in [0.15, 0.2) is 29.1 Å². The number of nitrogens with two attached hydrogens (primary N) is 1. The molecule has 0 spiro atoms. The number of ether oxygens (including phenoxy) is 2. The molecule has 1 aliphatic heterocycles. The lowest BCUT2D eigenvalue weighted by atomic mass is 10.1. The second-order valence-corrected chi connectivity index (χ2v) is 5.39. The van der Waals surface area contributed by atoms with Crippen molar-refractivity contribution < 1.29 is 9.47 Å². The largest absolute Gasteiger partial charge is 0.369 e. The van der Waals surface area contributed by atoms with Crippen molar-refractivity contribution in [2.45, 2.75) is 6.29 Å². The molecule has 4 rings (SSSR count). The third-order valence-corrected chi connectivity index (χ3v) is 3.66. The first-order chi connectivity index (χ1) is 11.7. The van der Waals surface area contributed by atoms with Gasteiger partial charge in [0.25, 0.3) is 5.56 Å². The van der Waals surface area contributed by atoms with Crippen molar-refractivity contribution in [2.24, 2.45) is 0 Å². The highest BCUT2D eigenvalue weighted by Gasteiger charge is 2.16. The van der Waals surface area contributed by atoms with Crippen molar-refractivity contribution in [2.75, 3.05) is 30.8 Å². The van der Waals surface area contributed by atoms with Crippen molar-refractivity contribution in [1.82, 2.24) is 19.9 Å². The highest BCUT2D eigenvalue weighted by atomic mass is 16.7. The van der Waals surface area contributed by atoms with Gasteiger partial charge in [-0.3, -0.25) is 9.78 Å². The molecule has 9 nitrogen and oxygen atoms in total. The molecule has 3 aromatic rings. The lowest BCUT2D eigenvalue weighted by Crippen LogP contribution is -2.23. The SMILES string of the molecule is Nc1nc2ccc(-c3cc(=O)[nH]c(NCC4OCCO4)n3)cc2[nH]1. The molecule has 5 N–H and O–H groups in total. The van der Waals surface area contributed by atoms with Gasteiger partial charge in [0.1, 0.15) is 0 Å². The molecule has 1 aliphatic rings. The number of benzene rings is 1. The van der Waals surface area contributed by atoms with Crippen LogP contribution >= 0.6 is 0 Å². The maximum Gasteiger partial charge on any atom is 0.252 e. The molecule has 0 bridgehead atoms. The first-order valence-corrected chi connectivity index (χ1v) is 7.51. The first kappa shape index (κ1) is 14.7. The Bertz CT molecular complexity index is 928. The van der Waals surface area contributed by atoms with Gasteiger partial charge in [0, 0.05) is 11.6 Å². The Kier molecular flexibility index (Phi) is 3.63. The molecule has 3 heterocycles. The lowest BCUT2D eigenvalue weighted by molar-refractivity contribution is -0.0300. The molecule has 0 unspecified atom stereocenters. The van der Waals surface area contributed by atoms with Crippen LogP contribution in [0.25, 0.3) is 22.3 Å². The molecule has 0 amide bonds. The van der Waals surface area contributed by atoms with Crippen LogP contribution in [-0.2, 0) is 9.47 Å². The van der Waals surface area contributed by atoms with Crippen LogP contribution < -0.4 is 16.6 Å². The summed E-state index contributed by atoms with van der Waals surface area (Å²) in [5.41, 5.74) is 8.28. The minimum Gasteiger partial charge on any atom is -0.369 e. The van der Waals surface area contributed by atoms with Gasteiger partial charge in [-0.25, -0.2) is 9.97 Å². The summed E-state index contributed by atoms with van der Waals surface area (Å²) in [5.74, 6) is 0.709. The number of imidazole rings is 1. The summed E-state index contributed by atoms with van der Waals surface area (Å²) in [7, 11) is 0. The highest BCUT2D eigenvalue weighted by Crippen LogP contribution is 2.22. The molecule has 0 atom stereocenters. The van der Waals surface area contributed by atoms with Crippen LogP contribution in [0, 0.1) is 0 Å². The van der Waals surface area contributed by atoms with Gasteiger partial charge < -0.3 is 25.5 Å². The number of H-pyrrole nitrogens is 2. The molecule has 24 heavy (non-hydrogen) atoms. The van der Waals surface area contributed by atoms with Crippen LogP contribution in [0.3, 0.4) is 0 Å². The van der Waals surface area contributed by atoms with E-state index in [9.17, 15) is 4.79 Å². The van der Waals surface area contributed by atoms with Gasteiger partial charge in [0.15, 0.2) is 12.2 Å². The smallest absolute Gasteiger partial charge is 0.252 e. The van der Waals surface area contributed by atoms with Gasteiger partial charge in [-0.05, 0) is 12.1 Å². The highest BCUT2D eigenvalue weighted by molar-refractivity contribution is 5.82. The van der Waals surface area contributed by atoms with Gasteiger partial charge in [0.2, 0.25) is 5.95 Å². The monoisotopic (exact) mass is 328 g/mol. The molecule has 0 radical (unpaired) electrons. The van der Waals surface area contributed by atoms with Crippen molar-refractivity contribution in [1.29, 1.82) is 0 Å². The predicted molar refractivity (Wildman–Crippen MR) is 88.5 cm³/mol. The Morgan fingerprint density at radius 3 is 2.88 bits per heavy atom. The number of anilines is 2. The number of hydrogen-bond acceptors (Lipinski definition) is 7. The van der Waals surface area contributed by atoms with Gasteiger partial charge in [-0.2, -0.15) is 0 Å². The van der Waals surface area contributed by atoms with Crippen LogP contribution in [0.5, 0.6) is 0 Å². The number of hydrogen-bond donors (Lipinski definition) is 4. The lowest BCUT2D eigenvalue weighted by Gasteiger charge is -2.11. The molecule has 2 aromatic heterocycles. The van der Waals surface area contributed by atoms with Gasteiger partial charge >= 0.3 is 0 Å². The van der Waals surface area contributed by atoms with Crippen molar-refractivity contribution >= 4 is 22.9 Å². The predicted octanol–water partition coefficient (Wildman–Crippen LogP) is 0.680. The van der Waals surface area contributed by atoms with Gasteiger partial charge in [0.05, 0.1) is 36.5 Å². The number of aromatic nitrogens is 4. The van der Waals surface area contributed by atoms with Crippen molar-refractivity contribution in [3.8, 4) is 11.3 Å². The molecular formula is C15H16N6O3. The zero-order valence-corrected chi connectivity index (χ0v) is 12.7. The molecule has 0 aliphatic carbocycles. The zero-order chi connectivity index (χ0) is 16.5. The van der Waals surface area contributed by atoms with E-state index in [0.29, 0.717) is 37.3 Å². The van der Waals surface area contributed by atoms with E-state index >= 15 is 0 Å². The molecular weight excluding hydrogens is 312 g/mol. The summed E-state index contributed by atoms with van der Waals surface area (Å²) >= 11 is 0. The summed E-state index contributed by atoms with van der Waals surface area (Å²) in [6.45, 7) is 1.55. The van der Waals surface area contributed by atoms with E-state index in [2.05, 4.69) is 25.3 Å². The average molecular weight is 328 g/mol. The third-order valence-electron chi connectivity index (χ3n) is 3.66. The van der Waals surface area contributed by atoms with Crippen molar-refractivity contribution in [3.05, 3.63) is 34.6 Å². The number of nitrogens with one attached hydrogen (secondary N) is 3. The van der Waals surface area contributed by atoms with Gasteiger partial charge in [-0.15, -0.1) is 0 Å². The number of nitrogens with zero attached hydrogens (tertiary/aromatic N) is 2. The van der Waals surface area contributed by atoms with E-state index in [1.54, 1.807) is 0 Å². The van der Waals surface area contributed by atoms with E-state index in [0.717, 1.165) is 16.6 Å². The number of aromatic amines is 2. The minimum absolute atomic E-state index is 0.250. The Morgan fingerprint density at radius 1 is 1.21 bits per heavy atom. The van der Waals surface area contributed by atoms with E-state index in [1.165, 1.54) is 6.07 Å². The summed E-state index contributed by atoms with van der Waals surface area (Å²) in [6.07, 6.45) is -0.330. The van der Waals surface area contributed by atoms with Crippen molar-refractivity contribution in [3.63, 3.8) is 0 Å².